The molecule has 1 saturated carbocycles. The predicted molar refractivity (Wildman–Crippen MR) is 109 cm³/mol. The van der Waals surface area contributed by atoms with E-state index in [1.165, 1.54) is 0 Å². The van der Waals surface area contributed by atoms with Crippen LogP contribution in [0.3, 0.4) is 0 Å². The Morgan fingerprint density at radius 1 is 1.14 bits per heavy atom. The Kier molecular flexibility index (Phi) is 5.21. The van der Waals surface area contributed by atoms with Crippen molar-refractivity contribution < 1.29 is 9.84 Å². The van der Waals surface area contributed by atoms with Crippen LogP contribution in [0.1, 0.15) is 45.2 Å². The molecular formula is C21H29N5O2. The number of anilines is 2. The first-order valence-corrected chi connectivity index (χ1v) is 10.1. The molecule has 28 heavy (non-hydrogen) atoms. The quantitative estimate of drug-likeness (QED) is 0.840. The van der Waals surface area contributed by atoms with E-state index in [4.69, 9.17) is 9.72 Å². The summed E-state index contributed by atoms with van der Waals surface area (Å²) < 4.78 is 5.52. The molecule has 1 aliphatic heterocycles. The van der Waals surface area contributed by atoms with Crippen molar-refractivity contribution in [2.75, 3.05) is 30.4 Å². The molecule has 1 aliphatic carbocycles. The summed E-state index contributed by atoms with van der Waals surface area (Å²) in [6, 6.07) is 4.27. The maximum absolute atomic E-state index is 10.1. The lowest BCUT2D eigenvalue weighted by atomic mass is 9.91. The van der Waals surface area contributed by atoms with E-state index in [1.54, 1.807) is 33.4 Å². The number of hydrogen-bond acceptors (Lipinski definition) is 7. The first-order valence-electron chi connectivity index (χ1n) is 10.1. The average Bonchev–Trinajstić information content (AvgIpc) is 2.72. The number of fused-ring (bicyclic) bond motifs is 1. The van der Waals surface area contributed by atoms with Gasteiger partial charge in [0.05, 0.1) is 23.7 Å². The fourth-order valence-corrected chi connectivity index (χ4v) is 4.10. The van der Waals surface area contributed by atoms with Gasteiger partial charge in [0.1, 0.15) is 5.60 Å². The number of aliphatic hydroxyl groups is 1. The third-order valence-corrected chi connectivity index (χ3v) is 5.78. The number of rotatable bonds is 4. The molecule has 2 aromatic heterocycles. The lowest BCUT2D eigenvalue weighted by molar-refractivity contribution is 0.0655. The van der Waals surface area contributed by atoms with Gasteiger partial charge in [0.25, 0.3) is 0 Å². The highest BCUT2D eigenvalue weighted by atomic mass is 16.5. The fraction of sp³-hybridized carbons (Fsp3) is 0.571. The first kappa shape index (κ1) is 19.1. The zero-order valence-corrected chi connectivity index (χ0v) is 16.9. The Morgan fingerprint density at radius 2 is 1.93 bits per heavy atom. The van der Waals surface area contributed by atoms with Crippen LogP contribution < -0.4 is 10.2 Å². The number of hydrogen-bond donors (Lipinski definition) is 2. The van der Waals surface area contributed by atoms with Crippen molar-refractivity contribution in [2.45, 2.75) is 57.3 Å². The van der Waals surface area contributed by atoms with E-state index in [1.807, 2.05) is 12.1 Å². The summed E-state index contributed by atoms with van der Waals surface area (Å²) in [5, 5.41) is 13.5. The molecule has 0 radical (unpaired) electrons. The van der Waals surface area contributed by atoms with E-state index in [-0.39, 0.29) is 0 Å². The molecule has 7 nitrogen and oxygen atoms in total. The van der Waals surface area contributed by atoms with Gasteiger partial charge in [-0.2, -0.15) is 0 Å². The molecule has 2 aromatic rings. The van der Waals surface area contributed by atoms with Crippen LogP contribution in [0.5, 0.6) is 0 Å². The van der Waals surface area contributed by atoms with E-state index in [0.29, 0.717) is 17.8 Å². The van der Waals surface area contributed by atoms with Gasteiger partial charge in [-0.05, 0) is 51.7 Å². The second-order valence-corrected chi connectivity index (χ2v) is 8.20. The van der Waals surface area contributed by atoms with Crippen molar-refractivity contribution in [1.29, 1.82) is 0 Å². The van der Waals surface area contributed by atoms with Gasteiger partial charge in [0, 0.05) is 38.0 Å². The van der Waals surface area contributed by atoms with Crippen LogP contribution in [0.15, 0.2) is 24.5 Å². The van der Waals surface area contributed by atoms with Crippen molar-refractivity contribution in [2.24, 2.45) is 0 Å². The number of pyridine rings is 1. The van der Waals surface area contributed by atoms with Crippen LogP contribution in [0.25, 0.3) is 11.3 Å². The zero-order chi connectivity index (χ0) is 19.7. The maximum Gasteiger partial charge on any atom is 0.172 e. The van der Waals surface area contributed by atoms with Crippen LogP contribution in [-0.2, 0) is 10.3 Å². The molecule has 2 N–H and O–H groups in total. The Balaban J connectivity index is 1.59. The van der Waals surface area contributed by atoms with Gasteiger partial charge in [-0.1, -0.05) is 0 Å². The number of nitrogens with one attached hydrogen (secondary N) is 1. The van der Waals surface area contributed by atoms with Crippen molar-refractivity contribution in [3.8, 4) is 11.3 Å². The van der Waals surface area contributed by atoms with Crippen molar-refractivity contribution in [1.82, 2.24) is 15.0 Å². The molecule has 0 aromatic carbocycles. The summed E-state index contributed by atoms with van der Waals surface area (Å²) in [7, 11) is 1.81. The second-order valence-electron chi connectivity index (χ2n) is 8.20. The van der Waals surface area contributed by atoms with E-state index < -0.39 is 5.60 Å². The molecule has 3 heterocycles. The third kappa shape index (κ3) is 3.82. The minimum Gasteiger partial charge on any atom is -0.384 e. The van der Waals surface area contributed by atoms with Gasteiger partial charge in [-0.25, -0.2) is 9.97 Å². The summed E-state index contributed by atoms with van der Waals surface area (Å²) in [6.45, 7) is 5.28. The van der Waals surface area contributed by atoms with Crippen LogP contribution in [0.4, 0.5) is 11.6 Å². The maximum atomic E-state index is 10.1. The first-order chi connectivity index (χ1) is 13.5. The lowest BCUT2D eigenvalue weighted by Gasteiger charge is -2.40. The molecular weight excluding hydrogens is 354 g/mol. The standard InChI is InChI=1S/C21H29N5O2/c1-21(2,27)18-9-4-14(12-23-18)17-13-24-19-20(25-17)26(11-10-22-19)15-5-7-16(28-3)8-6-15/h4,9,12-13,15-16,27H,5-8,10-11H2,1-3H3,(H,22,24). The molecule has 0 spiro atoms. The number of aromatic nitrogens is 3. The summed E-state index contributed by atoms with van der Waals surface area (Å²) in [5.74, 6) is 1.78. The minimum absolute atomic E-state index is 0.386. The largest absolute Gasteiger partial charge is 0.384 e. The highest BCUT2D eigenvalue weighted by molar-refractivity contribution is 5.69. The molecule has 0 atom stereocenters. The monoisotopic (exact) mass is 383 g/mol. The van der Waals surface area contributed by atoms with E-state index in [0.717, 1.165) is 61.7 Å². The molecule has 2 aliphatic rings. The van der Waals surface area contributed by atoms with Crippen molar-refractivity contribution in [3.63, 3.8) is 0 Å². The molecule has 1 fully saturated rings. The van der Waals surface area contributed by atoms with Gasteiger partial charge in [0.2, 0.25) is 0 Å². The Bertz CT molecular complexity index is 811. The Hall–Kier alpha value is -2.25. The van der Waals surface area contributed by atoms with E-state index in [9.17, 15) is 5.11 Å². The van der Waals surface area contributed by atoms with Gasteiger partial charge >= 0.3 is 0 Å². The Labute approximate surface area is 166 Å². The Morgan fingerprint density at radius 3 is 2.57 bits per heavy atom. The van der Waals surface area contributed by atoms with Gasteiger partial charge < -0.3 is 20.1 Å². The molecule has 0 unspecified atom stereocenters. The van der Waals surface area contributed by atoms with E-state index in [2.05, 4.69) is 20.2 Å². The highest BCUT2D eigenvalue weighted by Gasteiger charge is 2.30. The van der Waals surface area contributed by atoms with Crippen LogP contribution in [0, 0.1) is 0 Å². The third-order valence-electron chi connectivity index (χ3n) is 5.78. The lowest BCUT2D eigenvalue weighted by Crippen LogP contribution is -2.45. The smallest absolute Gasteiger partial charge is 0.172 e. The zero-order valence-electron chi connectivity index (χ0n) is 16.9. The molecule has 0 amide bonds. The topological polar surface area (TPSA) is 83.4 Å². The van der Waals surface area contributed by atoms with E-state index >= 15 is 0 Å². The fourth-order valence-electron chi connectivity index (χ4n) is 4.10. The second kappa shape index (κ2) is 7.64. The summed E-state index contributed by atoms with van der Waals surface area (Å²) in [6.07, 6.45) is 8.35. The SMILES string of the molecule is COC1CCC(N2CCNc3ncc(-c4ccc(C(C)(C)O)nc4)nc32)CC1. The number of ether oxygens (including phenoxy) is 1. The van der Waals surface area contributed by atoms with Crippen molar-refractivity contribution in [3.05, 3.63) is 30.2 Å². The van der Waals surface area contributed by atoms with Crippen LogP contribution >= 0.6 is 0 Å². The normalized spacial score (nSPS) is 22.5. The summed E-state index contributed by atoms with van der Waals surface area (Å²) in [4.78, 5) is 16.4. The van der Waals surface area contributed by atoms with Crippen molar-refractivity contribution >= 4 is 11.6 Å². The van der Waals surface area contributed by atoms with Gasteiger partial charge in [-0.15, -0.1) is 0 Å². The summed E-state index contributed by atoms with van der Waals surface area (Å²) in [5.41, 5.74) is 1.38. The van der Waals surface area contributed by atoms with Crippen LogP contribution in [-0.4, -0.2) is 52.4 Å². The molecule has 150 valence electrons. The molecule has 0 saturated heterocycles. The number of methoxy groups -OCH3 is 1. The highest BCUT2D eigenvalue weighted by Crippen LogP contribution is 2.34. The number of nitrogens with zero attached hydrogens (tertiary/aromatic N) is 4. The van der Waals surface area contributed by atoms with Gasteiger partial charge in [-0.3, -0.25) is 4.98 Å². The molecule has 4 rings (SSSR count). The average molecular weight is 383 g/mol. The molecule has 7 heteroatoms. The summed E-state index contributed by atoms with van der Waals surface area (Å²) >= 11 is 0. The predicted octanol–water partition coefficient (Wildman–Crippen LogP) is 2.96. The van der Waals surface area contributed by atoms with Crippen LogP contribution in [0.2, 0.25) is 0 Å². The molecule has 0 bridgehead atoms. The van der Waals surface area contributed by atoms with Gasteiger partial charge in [0.15, 0.2) is 11.6 Å². The minimum atomic E-state index is -0.957.